The second kappa shape index (κ2) is 8.80. The minimum absolute atomic E-state index is 0.0204. The molecule has 2 amide bonds. The molecule has 0 saturated carbocycles. The van der Waals surface area contributed by atoms with E-state index in [1.54, 1.807) is 0 Å². The van der Waals surface area contributed by atoms with Crippen LogP contribution in [0.25, 0.3) is 0 Å². The van der Waals surface area contributed by atoms with Crippen molar-refractivity contribution in [2.75, 3.05) is 13.1 Å². The van der Waals surface area contributed by atoms with Gasteiger partial charge in [-0.3, -0.25) is 9.59 Å². The van der Waals surface area contributed by atoms with Crippen LogP contribution in [0.3, 0.4) is 0 Å². The minimum atomic E-state index is -0.186. The lowest BCUT2D eigenvalue weighted by Crippen LogP contribution is -2.34. The van der Waals surface area contributed by atoms with E-state index >= 15 is 0 Å². The summed E-state index contributed by atoms with van der Waals surface area (Å²) in [6, 6.07) is 8.03. The molecule has 154 valence electrons. The maximum Gasteiger partial charge on any atom is 0.289 e. The van der Waals surface area contributed by atoms with Gasteiger partial charge in [0.05, 0.1) is 5.69 Å². The van der Waals surface area contributed by atoms with Crippen molar-refractivity contribution in [3.8, 4) is 0 Å². The topological polar surface area (TPSA) is 67.2 Å². The zero-order valence-electron chi connectivity index (χ0n) is 17.2. The smallest absolute Gasteiger partial charge is 0.289 e. The Labute approximate surface area is 172 Å². The maximum atomic E-state index is 13.2. The van der Waals surface area contributed by atoms with E-state index in [1.165, 1.54) is 12.8 Å². The van der Waals surface area contributed by atoms with Gasteiger partial charge in [0.2, 0.25) is 0 Å². The molecule has 6 heteroatoms. The summed E-state index contributed by atoms with van der Waals surface area (Å²) >= 11 is 0. The number of imidazole rings is 1. The summed E-state index contributed by atoms with van der Waals surface area (Å²) in [5.41, 5.74) is 3.58. The van der Waals surface area contributed by atoms with Gasteiger partial charge < -0.3 is 14.8 Å². The fourth-order valence-electron chi connectivity index (χ4n) is 4.37. The third-order valence-corrected chi connectivity index (χ3v) is 6.12. The molecule has 2 aromatic rings. The van der Waals surface area contributed by atoms with Gasteiger partial charge in [0.15, 0.2) is 5.82 Å². The number of carbonyl (C=O) groups excluding carboxylic acids is 2. The number of likely N-dealkylation sites (tertiary alicyclic amines) is 1. The van der Waals surface area contributed by atoms with Crippen LogP contribution in [-0.4, -0.2) is 39.4 Å². The summed E-state index contributed by atoms with van der Waals surface area (Å²) in [6.45, 7) is 4.85. The number of rotatable bonds is 4. The van der Waals surface area contributed by atoms with Crippen molar-refractivity contribution in [3.05, 3.63) is 52.6 Å². The molecule has 4 rings (SSSR count). The molecule has 0 unspecified atom stereocenters. The van der Waals surface area contributed by atoms with Crippen molar-refractivity contribution < 1.29 is 9.59 Å². The van der Waals surface area contributed by atoms with E-state index in [0.29, 0.717) is 18.1 Å². The van der Waals surface area contributed by atoms with Gasteiger partial charge in [-0.2, -0.15) is 0 Å². The Morgan fingerprint density at radius 1 is 1.00 bits per heavy atom. The average molecular weight is 395 g/mol. The molecule has 1 aromatic heterocycles. The van der Waals surface area contributed by atoms with Crippen LogP contribution in [0.1, 0.15) is 76.5 Å². The Kier molecular flexibility index (Phi) is 5.97. The molecule has 0 radical (unpaired) electrons. The number of nitrogens with one attached hydrogen (secondary N) is 1. The second-order valence-corrected chi connectivity index (χ2v) is 8.16. The van der Waals surface area contributed by atoms with Crippen LogP contribution in [0.5, 0.6) is 0 Å². The third kappa shape index (κ3) is 4.21. The standard InChI is InChI=1S/C23H30N4O2/c1-17-10-4-5-11-18(17)16-24-22(28)20-19-12-6-9-15-27(19)21(25-20)23(29)26-13-7-2-3-8-14-26/h4-5,10-11H,2-3,6-9,12-16H2,1H3,(H,24,28). The van der Waals surface area contributed by atoms with Crippen LogP contribution in [-0.2, 0) is 19.5 Å². The van der Waals surface area contributed by atoms with Crippen LogP contribution >= 0.6 is 0 Å². The van der Waals surface area contributed by atoms with E-state index in [2.05, 4.69) is 10.3 Å². The van der Waals surface area contributed by atoms with E-state index in [1.807, 2.05) is 40.7 Å². The Bertz CT molecular complexity index is 894. The van der Waals surface area contributed by atoms with Crippen molar-refractivity contribution in [2.45, 2.75) is 65.0 Å². The molecule has 0 atom stereocenters. The molecule has 1 saturated heterocycles. The van der Waals surface area contributed by atoms with Crippen LogP contribution in [0.4, 0.5) is 0 Å². The van der Waals surface area contributed by atoms with Gasteiger partial charge in [0.1, 0.15) is 5.69 Å². The van der Waals surface area contributed by atoms with Gasteiger partial charge in [-0.15, -0.1) is 0 Å². The number of aromatic nitrogens is 2. The van der Waals surface area contributed by atoms with Crippen LogP contribution in [0.15, 0.2) is 24.3 Å². The number of aryl methyl sites for hydroxylation is 1. The predicted molar refractivity (Wildman–Crippen MR) is 112 cm³/mol. The number of fused-ring (bicyclic) bond motifs is 1. The monoisotopic (exact) mass is 394 g/mol. The largest absolute Gasteiger partial charge is 0.347 e. The molecular weight excluding hydrogens is 364 g/mol. The van der Waals surface area contributed by atoms with Gasteiger partial charge >= 0.3 is 0 Å². The highest BCUT2D eigenvalue weighted by Crippen LogP contribution is 2.23. The molecule has 6 nitrogen and oxygen atoms in total. The maximum absolute atomic E-state index is 13.2. The Morgan fingerprint density at radius 2 is 1.72 bits per heavy atom. The predicted octanol–water partition coefficient (Wildman–Crippen LogP) is 3.47. The lowest BCUT2D eigenvalue weighted by atomic mass is 10.1. The lowest BCUT2D eigenvalue weighted by molar-refractivity contribution is 0.0743. The van der Waals surface area contributed by atoms with Crippen LogP contribution < -0.4 is 5.32 Å². The van der Waals surface area contributed by atoms with Crippen molar-refractivity contribution in [3.63, 3.8) is 0 Å². The highest BCUT2D eigenvalue weighted by Gasteiger charge is 2.30. The summed E-state index contributed by atoms with van der Waals surface area (Å²) in [7, 11) is 0. The highest BCUT2D eigenvalue weighted by atomic mass is 16.2. The first-order valence-electron chi connectivity index (χ1n) is 10.9. The molecule has 29 heavy (non-hydrogen) atoms. The zero-order valence-corrected chi connectivity index (χ0v) is 17.2. The van der Waals surface area contributed by atoms with Gasteiger partial charge in [0.25, 0.3) is 11.8 Å². The van der Waals surface area contributed by atoms with Crippen molar-refractivity contribution >= 4 is 11.8 Å². The molecular formula is C23H30N4O2. The van der Waals surface area contributed by atoms with Crippen molar-refractivity contribution in [1.29, 1.82) is 0 Å². The fourth-order valence-corrected chi connectivity index (χ4v) is 4.37. The fraction of sp³-hybridized carbons (Fsp3) is 0.522. The quantitative estimate of drug-likeness (QED) is 0.863. The van der Waals surface area contributed by atoms with E-state index in [0.717, 1.165) is 68.6 Å². The molecule has 2 aliphatic rings. The van der Waals surface area contributed by atoms with E-state index in [-0.39, 0.29) is 11.8 Å². The number of amides is 2. The van der Waals surface area contributed by atoms with Crippen LogP contribution in [0, 0.1) is 6.92 Å². The van der Waals surface area contributed by atoms with E-state index in [9.17, 15) is 9.59 Å². The molecule has 0 spiro atoms. The molecule has 2 aliphatic heterocycles. The average Bonchev–Trinajstić information content (AvgIpc) is 2.92. The normalized spacial score (nSPS) is 16.8. The molecule has 0 bridgehead atoms. The Morgan fingerprint density at radius 3 is 2.48 bits per heavy atom. The molecule has 1 fully saturated rings. The third-order valence-electron chi connectivity index (χ3n) is 6.12. The summed E-state index contributed by atoms with van der Waals surface area (Å²) in [4.78, 5) is 32.7. The highest BCUT2D eigenvalue weighted by molar-refractivity contribution is 5.97. The molecule has 3 heterocycles. The first-order chi connectivity index (χ1) is 14.1. The van der Waals surface area contributed by atoms with Gasteiger partial charge in [-0.05, 0) is 50.2 Å². The summed E-state index contributed by atoms with van der Waals surface area (Å²) in [6.07, 6.45) is 7.29. The van der Waals surface area contributed by atoms with Crippen LogP contribution in [0.2, 0.25) is 0 Å². The molecule has 0 aliphatic carbocycles. The number of carbonyl (C=O) groups is 2. The van der Waals surface area contributed by atoms with E-state index < -0.39 is 0 Å². The lowest BCUT2D eigenvalue weighted by Gasteiger charge is -2.22. The Hall–Kier alpha value is -2.63. The first kappa shape index (κ1) is 19.7. The first-order valence-corrected chi connectivity index (χ1v) is 10.9. The second-order valence-electron chi connectivity index (χ2n) is 8.16. The number of hydrogen-bond acceptors (Lipinski definition) is 3. The van der Waals surface area contributed by atoms with Gasteiger partial charge in [0, 0.05) is 26.2 Å². The summed E-state index contributed by atoms with van der Waals surface area (Å²) < 4.78 is 2.00. The van der Waals surface area contributed by atoms with Gasteiger partial charge in [-0.25, -0.2) is 4.98 Å². The molecule has 1 N–H and O–H groups in total. The SMILES string of the molecule is Cc1ccccc1CNC(=O)c1nc(C(=O)N2CCCCCC2)n2c1CCCC2. The van der Waals surface area contributed by atoms with Crippen molar-refractivity contribution in [2.24, 2.45) is 0 Å². The van der Waals surface area contributed by atoms with Crippen molar-refractivity contribution in [1.82, 2.24) is 19.8 Å². The number of hydrogen-bond donors (Lipinski definition) is 1. The number of nitrogens with zero attached hydrogens (tertiary/aromatic N) is 3. The molecule has 1 aromatic carbocycles. The summed E-state index contributed by atoms with van der Waals surface area (Å²) in [5, 5.41) is 3.01. The number of benzene rings is 1. The zero-order chi connectivity index (χ0) is 20.2. The van der Waals surface area contributed by atoms with E-state index in [4.69, 9.17) is 0 Å². The Balaban J connectivity index is 1.56. The van der Waals surface area contributed by atoms with Gasteiger partial charge in [-0.1, -0.05) is 37.1 Å². The minimum Gasteiger partial charge on any atom is -0.347 e. The summed E-state index contributed by atoms with van der Waals surface area (Å²) in [5.74, 6) is 0.240.